The van der Waals surface area contributed by atoms with Gasteiger partial charge >= 0.3 is 0 Å². The van der Waals surface area contributed by atoms with Crippen molar-refractivity contribution in [2.45, 2.75) is 31.7 Å². The van der Waals surface area contributed by atoms with Crippen LogP contribution in [0.25, 0.3) is 0 Å². The maximum absolute atomic E-state index is 12.0. The van der Waals surface area contributed by atoms with E-state index in [9.17, 15) is 8.42 Å². The number of nitrogens with one attached hydrogen (secondary N) is 1. The number of hydrogen-bond acceptors (Lipinski definition) is 3. The molecule has 0 bridgehead atoms. The summed E-state index contributed by atoms with van der Waals surface area (Å²) in [5.41, 5.74) is 7.18. The van der Waals surface area contributed by atoms with Gasteiger partial charge in [-0.15, -0.1) is 12.4 Å². The van der Waals surface area contributed by atoms with Gasteiger partial charge in [-0.05, 0) is 32.4 Å². The van der Waals surface area contributed by atoms with Crippen LogP contribution in [0.5, 0.6) is 0 Å². The average molecular weight is 279 g/mol. The van der Waals surface area contributed by atoms with Crippen molar-refractivity contribution < 1.29 is 8.42 Å². The van der Waals surface area contributed by atoms with Crippen molar-refractivity contribution in [1.82, 2.24) is 4.72 Å². The molecule has 1 atom stereocenters. The van der Waals surface area contributed by atoms with Crippen molar-refractivity contribution in [3.63, 3.8) is 0 Å². The van der Waals surface area contributed by atoms with Gasteiger partial charge in [0.15, 0.2) is 0 Å². The molecule has 4 nitrogen and oxygen atoms in total. The molecule has 98 valence electrons. The predicted molar refractivity (Wildman–Crippen MR) is 72.0 cm³/mol. The van der Waals surface area contributed by atoms with Crippen LogP contribution in [0.4, 0.5) is 0 Å². The van der Waals surface area contributed by atoms with E-state index >= 15 is 0 Å². The highest BCUT2D eigenvalue weighted by molar-refractivity contribution is 7.89. The lowest BCUT2D eigenvalue weighted by atomic mass is 10.2. The Morgan fingerprint density at radius 2 is 1.94 bits per heavy atom. The molecule has 0 aliphatic heterocycles. The van der Waals surface area contributed by atoms with Crippen molar-refractivity contribution in [1.29, 1.82) is 0 Å². The minimum Gasteiger partial charge on any atom is -0.329 e. The molecular formula is C11H19ClN2O2S. The van der Waals surface area contributed by atoms with Crippen LogP contribution in [-0.4, -0.2) is 21.0 Å². The largest absolute Gasteiger partial charge is 0.329 e. The Labute approximate surface area is 109 Å². The van der Waals surface area contributed by atoms with Crippen LogP contribution in [0, 0.1) is 13.8 Å². The summed E-state index contributed by atoms with van der Waals surface area (Å²) in [5, 5.41) is 0. The molecule has 1 aromatic carbocycles. The van der Waals surface area contributed by atoms with Crippen molar-refractivity contribution in [2.24, 2.45) is 5.73 Å². The van der Waals surface area contributed by atoms with Crippen molar-refractivity contribution in [3.8, 4) is 0 Å². The zero-order valence-corrected chi connectivity index (χ0v) is 11.9. The first-order valence-electron chi connectivity index (χ1n) is 5.16. The number of halogens is 1. The van der Waals surface area contributed by atoms with Gasteiger partial charge in [0.05, 0.1) is 4.90 Å². The summed E-state index contributed by atoms with van der Waals surface area (Å²) in [6.07, 6.45) is 0. The molecule has 6 heteroatoms. The zero-order chi connectivity index (χ0) is 12.3. The lowest BCUT2D eigenvalue weighted by molar-refractivity contribution is 0.562. The van der Waals surface area contributed by atoms with E-state index in [0.717, 1.165) is 11.1 Å². The topological polar surface area (TPSA) is 72.2 Å². The standard InChI is InChI=1S/C11H18N2O2S.ClH/c1-8-4-5-11(9(2)6-8)16(14,15)13-10(3)7-12;/h4-6,10,13H,7,12H2,1-3H3;1H/t10-;/m1./s1. The molecule has 0 saturated heterocycles. The average Bonchev–Trinajstić information content (AvgIpc) is 2.16. The Balaban J connectivity index is 0.00000256. The summed E-state index contributed by atoms with van der Waals surface area (Å²) >= 11 is 0. The molecular weight excluding hydrogens is 260 g/mol. The predicted octanol–water partition coefficient (Wildman–Crippen LogP) is 1.35. The Hall–Kier alpha value is -0.620. The molecule has 0 aliphatic rings. The van der Waals surface area contributed by atoms with Gasteiger partial charge in [-0.3, -0.25) is 0 Å². The molecule has 0 amide bonds. The smallest absolute Gasteiger partial charge is 0.241 e. The quantitative estimate of drug-likeness (QED) is 0.873. The molecule has 1 aromatic rings. The maximum Gasteiger partial charge on any atom is 0.241 e. The van der Waals surface area contributed by atoms with Crippen LogP contribution in [0.3, 0.4) is 0 Å². The molecule has 0 radical (unpaired) electrons. The lowest BCUT2D eigenvalue weighted by Crippen LogP contribution is -2.38. The van der Waals surface area contributed by atoms with E-state index in [2.05, 4.69) is 4.72 Å². The Bertz CT molecular complexity index is 474. The Morgan fingerprint density at radius 1 is 1.35 bits per heavy atom. The number of hydrogen-bond donors (Lipinski definition) is 2. The second-order valence-electron chi connectivity index (χ2n) is 4.03. The van der Waals surface area contributed by atoms with Gasteiger partial charge in [-0.25, -0.2) is 13.1 Å². The molecule has 1 rings (SSSR count). The van der Waals surface area contributed by atoms with Gasteiger partial charge in [-0.1, -0.05) is 17.7 Å². The van der Waals surface area contributed by atoms with Gasteiger partial charge in [0, 0.05) is 12.6 Å². The number of benzene rings is 1. The third kappa shape index (κ3) is 4.27. The minimum atomic E-state index is -3.45. The first kappa shape index (κ1) is 16.4. The van der Waals surface area contributed by atoms with E-state index in [1.54, 1.807) is 26.0 Å². The highest BCUT2D eigenvalue weighted by Gasteiger charge is 2.18. The molecule has 0 heterocycles. The first-order valence-corrected chi connectivity index (χ1v) is 6.65. The second kappa shape index (κ2) is 6.35. The van der Waals surface area contributed by atoms with Crippen molar-refractivity contribution >= 4 is 22.4 Å². The van der Waals surface area contributed by atoms with Crippen molar-refractivity contribution in [3.05, 3.63) is 29.3 Å². The third-order valence-electron chi connectivity index (χ3n) is 2.33. The molecule has 0 saturated carbocycles. The normalized spacial score (nSPS) is 12.9. The molecule has 17 heavy (non-hydrogen) atoms. The molecule has 0 fully saturated rings. The maximum atomic E-state index is 12.0. The van der Waals surface area contributed by atoms with Gasteiger partial charge in [-0.2, -0.15) is 0 Å². The number of nitrogens with two attached hydrogens (primary N) is 1. The van der Waals surface area contributed by atoms with Gasteiger partial charge in [0.1, 0.15) is 0 Å². The van der Waals surface area contributed by atoms with Gasteiger partial charge in [0.2, 0.25) is 10.0 Å². The van der Waals surface area contributed by atoms with E-state index in [-0.39, 0.29) is 25.0 Å². The number of aryl methyl sites for hydroxylation is 2. The van der Waals surface area contributed by atoms with Crippen LogP contribution in [-0.2, 0) is 10.0 Å². The fourth-order valence-electron chi connectivity index (χ4n) is 1.48. The molecule has 3 N–H and O–H groups in total. The molecule has 0 spiro atoms. The highest BCUT2D eigenvalue weighted by atomic mass is 35.5. The molecule has 0 unspecified atom stereocenters. The fourth-order valence-corrected chi connectivity index (χ4v) is 2.96. The fraction of sp³-hybridized carbons (Fsp3) is 0.455. The Morgan fingerprint density at radius 3 is 2.41 bits per heavy atom. The minimum absolute atomic E-state index is 0. The van der Waals surface area contributed by atoms with Crippen LogP contribution >= 0.6 is 12.4 Å². The van der Waals surface area contributed by atoms with E-state index in [4.69, 9.17) is 5.73 Å². The number of sulfonamides is 1. The first-order chi connectivity index (χ1) is 7.36. The summed E-state index contributed by atoms with van der Waals surface area (Å²) in [5.74, 6) is 0. The van der Waals surface area contributed by atoms with Crippen LogP contribution < -0.4 is 10.5 Å². The van der Waals surface area contributed by atoms with E-state index in [1.165, 1.54) is 0 Å². The second-order valence-corrected chi connectivity index (χ2v) is 5.71. The monoisotopic (exact) mass is 278 g/mol. The SMILES string of the molecule is Cc1ccc(S(=O)(=O)N[C@H](C)CN)c(C)c1.Cl. The van der Waals surface area contributed by atoms with Crippen LogP contribution in [0.1, 0.15) is 18.1 Å². The van der Waals surface area contributed by atoms with Gasteiger partial charge in [0.25, 0.3) is 0 Å². The van der Waals surface area contributed by atoms with Crippen molar-refractivity contribution in [2.75, 3.05) is 6.54 Å². The molecule has 0 aromatic heterocycles. The molecule has 0 aliphatic carbocycles. The summed E-state index contributed by atoms with van der Waals surface area (Å²) < 4.78 is 26.5. The van der Waals surface area contributed by atoms with Gasteiger partial charge < -0.3 is 5.73 Å². The summed E-state index contributed by atoms with van der Waals surface area (Å²) in [6.45, 7) is 5.74. The van der Waals surface area contributed by atoms with Crippen LogP contribution in [0.2, 0.25) is 0 Å². The zero-order valence-electron chi connectivity index (χ0n) is 10.2. The summed E-state index contributed by atoms with van der Waals surface area (Å²) in [4.78, 5) is 0.318. The van der Waals surface area contributed by atoms with E-state index in [0.29, 0.717) is 4.90 Å². The summed E-state index contributed by atoms with van der Waals surface area (Å²) in [6, 6.07) is 5.00. The van der Waals surface area contributed by atoms with E-state index in [1.807, 2.05) is 13.0 Å². The van der Waals surface area contributed by atoms with E-state index < -0.39 is 10.0 Å². The summed E-state index contributed by atoms with van der Waals surface area (Å²) in [7, 11) is -3.45. The van der Waals surface area contributed by atoms with Crippen LogP contribution in [0.15, 0.2) is 23.1 Å². The highest BCUT2D eigenvalue weighted by Crippen LogP contribution is 2.16. The lowest BCUT2D eigenvalue weighted by Gasteiger charge is -2.13. The Kier molecular flexibility index (Phi) is 6.12. The number of rotatable bonds is 4. The third-order valence-corrected chi connectivity index (χ3v) is 4.08.